The van der Waals surface area contributed by atoms with E-state index >= 15 is 0 Å². The highest BCUT2D eigenvalue weighted by molar-refractivity contribution is 6.23. The Morgan fingerprint density at radius 1 is 1.31 bits per heavy atom. The molecule has 1 amide bonds. The van der Waals surface area contributed by atoms with Crippen molar-refractivity contribution in [3.63, 3.8) is 0 Å². The fourth-order valence-corrected chi connectivity index (χ4v) is 3.33. The molecule has 2 aromatic rings. The molecule has 0 radical (unpaired) electrons. The third kappa shape index (κ3) is 2.98. The maximum absolute atomic E-state index is 12.6. The lowest BCUT2D eigenvalue weighted by Gasteiger charge is -2.18. The molecular formula is C17H17F3N6O3. The Morgan fingerprint density at radius 2 is 2.07 bits per heavy atom. The zero-order valence-electron chi connectivity index (χ0n) is 15.8. The molecule has 0 aromatic carbocycles. The van der Waals surface area contributed by atoms with Gasteiger partial charge in [-0.25, -0.2) is 14.6 Å². The Labute approximate surface area is 163 Å². The summed E-state index contributed by atoms with van der Waals surface area (Å²) in [6.45, 7) is 3.37. The number of anilines is 1. The Balaban J connectivity index is 1.74. The maximum atomic E-state index is 12.6. The van der Waals surface area contributed by atoms with Crippen LogP contribution >= 0.6 is 0 Å². The van der Waals surface area contributed by atoms with Crippen LogP contribution in [0.15, 0.2) is 11.1 Å². The van der Waals surface area contributed by atoms with Crippen molar-refractivity contribution in [3.05, 3.63) is 11.6 Å². The molecule has 2 aliphatic rings. The van der Waals surface area contributed by atoms with Crippen molar-refractivity contribution in [3.8, 4) is 17.4 Å². The summed E-state index contributed by atoms with van der Waals surface area (Å²) in [4.78, 5) is 25.6. The van der Waals surface area contributed by atoms with E-state index in [2.05, 4.69) is 25.4 Å². The van der Waals surface area contributed by atoms with Crippen LogP contribution < -0.4 is 10.1 Å². The molecule has 2 aliphatic heterocycles. The number of methoxy groups -OCH3 is 1. The number of aliphatic imine (C=N–C) groups is 1. The molecule has 2 aromatic heterocycles. The van der Waals surface area contributed by atoms with Gasteiger partial charge in [0.2, 0.25) is 17.7 Å². The van der Waals surface area contributed by atoms with Crippen LogP contribution in [0, 0.1) is 0 Å². The van der Waals surface area contributed by atoms with Crippen molar-refractivity contribution in [1.29, 1.82) is 0 Å². The molecule has 29 heavy (non-hydrogen) atoms. The molecule has 4 rings (SSSR count). The van der Waals surface area contributed by atoms with Gasteiger partial charge in [-0.15, -0.1) is 0 Å². The minimum Gasteiger partial charge on any atom is -0.481 e. The van der Waals surface area contributed by atoms with Crippen molar-refractivity contribution < 1.29 is 27.4 Å². The first-order chi connectivity index (χ1) is 13.7. The number of rotatable bonds is 5. The van der Waals surface area contributed by atoms with Crippen molar-refractivity contribution in [2.75, 3.05) is 19.0 Å². The molecule has 0 aliphatic carbocycles. The highest BCUT2D eigenvalue weighted by Crippen LogP contribution is 2.48. The number of halogens is 3. The average Bonchev–Trinajstić information content (AvgIpc) is 3.27. The molecule has 0 fully saturated rings. The Hall–Kier alpha value is -3.18. The molecule has 154 valence electrons. The molecule has 0 saturated heterocycles. The van der Waals surface area contributed by atoms with Crippen LogP contribution in [0.4, 0.5) is 24.8 Å². The van der Waals surface area contributed by atoms with E-state index in [0.29, 0.717) is 12.2 Å². The lowest BCUT2D eigenvalue weighted by molar-refractivity contribution is -0.137. The Bertz CT molecular complexity index is 1030. The second kappa shape index (κ2) is 6.42. The number of alkyl halides is 3. The van der Waals surface area contributed by atoms with Crippen molar-refractivity contribution >= 4 is 23.4 Å². The van der Waals surface area contributed by atoms with Crippen LogP contribution in [-0.2, 0) is 21.5 Å². The predicted molar refractivity (Wildman–Crippen MR) is 95.2 cm³/mol. The summed E-state index contributed by atoms with van der Waals surface area (Å²) in [5.74, 6) is 0.674. The number of nitrogens with zero attached hydrogens (tertiary/aromatic N) is 5. The van der Waals surface area contributed by atoms with Crippen molar-refractivity contribution in [2.24, 2.45) is 4.99 Å². The normalized spacial score (nSPS) is 19.8. The number of nitrogens with one attached hydrogen (secondary N) is 1. The Morgan fingerprint density at radius 3 is 2.72 bits per heavy atom. The number of hydrogen-bond donors (Lipinski definition) is 1. The lowest BCUT2D eigenvalue weighted by Crippen LogP contribution is -2.38. The minimum atomic E-state index is -4.33. The van der Waals surface area contributed by atoms with E-state index < -0.39 is 24.6 Å². The minimum absolute atomic E-state index is 0.105. The average molecular weight is 410 g/mol. The van der Waals surface area contributed by atoms with Gasteiger partial charge in [0.05, 0.1) is 32.2 Å². The standard InChI is InChI=1S/C17H17F3N6O3/c1-4-29-15-16(2)10-12(23-14(16)27)21-11(22-13(10)24-15)8-7-9(28-3)26(25-8)6-5-17(18,19)20/h7H,4-6H2,1-3H3,(H,21,22,23,27). The quantitative estimate of drug-likeness (QED) is 0.813. The first kappa shape index (κ1) is 19.2. The summed E-state index contributed by atoms with van der Waals surface area (Å²) in [5, 5.41) is 6.83. The van der Waals surface area contributed by atoms with Gasteiger partial charge in [0.15, 0.2) is 17.1 Å². The van der Waals surface area contributed by atoms with Gasteiger partial charge in [0.1, 0.15) is 11.5 Å². The molecule has 0 spiro atoms. The van der Waals surface area contributed by atoms with E-state index in [1.807, 2.05) is 0 Å². The summed E-state index contributed by atoms with van der Waals surface area (Å²) >= 11 is 0. The largest absolute Gasteiger partial charge is 0.481 e. The monoisotopic (exact) mass is 410 g/mol. The molecule has 9 nitrogen and oxygen atoms in total. The van der Waals surface area contributed by atoms with E-state index in [1.54, 1.807) is 13.8 Å². The third-order valence-corrected chi connectivity index (χ3v) is 4.78. The van der Waals surface area contributed by atoms with E-state index in [-0.39, 0.29) is 40.8 Å². The highest BCUT2D eigenvalue weighted by atomic mass is 19.4. The molecule has 0 saturated carbocycles. The number of aromatic nitrogens is 4. The molecule has 4 heterocycles. The molecule has 0 bridgehead atoms. The van der Waals surface area contributed by atoms with Crippen LogP contribution in [0.2, 0.25) is 0 Å². The van der Waals surface area contributed by atoms with Gasteiger partial charge in [0.25, 0.3) is 0 Å². The lowest BCUT2D eigenvalue weighted by atomic mass is 9.86. The Kier molecular flexibility index (Phi) is 4.24. The first-order valence-electron chi connectivity index (χ1n) is 8.82. The van der Waals surface area contributed by atoms with Crippen LogP contribution in [0.25, 0.3) is 11.5 Å². The number of ether oxygens (including phenoxy) is 2. The molecule has 12 heteroatoms. The fourth-order valence-electron chi connectivity index (χ4n) is 3.33. The first-order valence-corrected chi connectivity index (χ1v) is 8.82. The molecule has 1 unspecified atom stereocenters. The highest BCUT2D eigenvalue weighted by Gasteiger charge is 2.55. The number of carbonyl (C=O) groups excluding carboxylic acids is 1. The fraction of sp³-hybridized carbons (Fsp3) is 0.471. The predicted octanol–water partition coefficient (Wildman–Crippen LogP) is 2.59. The third-order valence-electron chi connectivity index (χ3n) is 4.78. The van der Waals surface area contributed by atoms with Gasteiger partial charge in [-0.05, 0) is 13.8 Å². The number of aryl methyl sites for hydroxylation is 1. The summed E-state index contributed by atoms with van der Waals surface area (Å²) in [6.07, 6.45) is -5.39. The smallest absolute Gasteiger partial charge is 0.390 e. The van der Waals surface area contributed by atoms with Crippen LogP contribution in [0.1, 0.15) is 25.8 Å². The van der Waals surface area contributed by atoms with Gasteiger partial charge in [-0.1, -0.05) is 0 Å². The number of hydrogen-bond acceptors (Lipinski definition) is 7. The molecular weight excluding hydrogens is 393 g/mol. The van der Waals surface area contributed by atoms with E-state index in [1.165, 1.54) is 13.2 Å². The van der Waals surface area contributed by atoms with Crippen LogP contribution in [0.5, 0.6) is 5.88 Å². The second-order valence-corrected chi connectivity index (χ2v) is 6.68. The molecule has 1 atom stereocenters. The number of amides is 1. The second-order valence-electron chi connectivity index (χ2n) is 6.68. The zero-order chi connectivity index (χ0) is 21.0. The van der Waals surface area contributed by atoms with Crippen LogP contribution in [-0.4, -0.2) is 51.4 Å². The van der Waals surface area contributed by atoms with Gasteiger partial charge in [-0.3, -0.25) is 4.79 Å². The van der Waals surface area contributed by atoms with Crippen molar-refractivity contribution in [2.45, 2.75) is 38.4 Å². The number of carbonyl (C=O) groups is 1. The molecule has 1 N–H and O–H groups in total. The SMILES string of the molecule is CCOC1=Nc2nc(-c3cc(OC)n(CCC(F)(F)F)n3)nc3c2C1(C)C(=O)N3. The van der Waals surface area contributed by atoms with Crippen molar-refractivity contribution in [1.82, 2.24) is 19.7 Å². The van der Waals surface area contributed by atoms with Gasteiger partial charge in [0, 0.05) is 6.07 Å². The van der Waals surface area contributed by atoms with Gasteiger partial charge >= 0.3 is 6.18 Å². The van der Waals surface area contributed by atoms with E-state index in [0.717, 1.165) is 4.68 Å². The summed E-state index contributed by atoms with van der Waals surface area (Å²) in [6, 6.07) is 1.43. The van der Waals surface area contributed by atoms with E-state index in [9.17, 15) is 18.0 Å². The summed E-state index contributed by atoms with van der Waals surface area (Å²) in [7, 11) is 1.33. The van der Waals surface area contributed by atoms with Gasteiger partial charge in [-0.2, -0.15) is 23.3 Å². The maximum Gasteiger partial charge on any atom is 0.390 e. The van der Waals surface area contributed by atoms with Crippen LogP contribution in [0.3, 0.4) is 0 Å². The van der Waals surface area contributed by atoms with E-state index in [4.69, 9.17) is 9.47 Å². The zero-order valence-corrected chi connectivity index (χ0v) is 15.8. The summed E-state index contributed by atoms with van der Waals surface area (Å²) in [5.41, 5.74) is -0.396. The summed E-state index contributed by atoms with van der Waals surface area (Å²) < 4.78 is 49.4. The topological polar surface area (TPSA) is 104 Å². The van der Waals surface area contributed by atoms with Gasteiger partial charge < -0.3 is 14.8 Å².